The number of amides is 1. The summed E-state index contributed by atoms with van der Waals surface area (Å²) in [5.74, 6) is -0.368. The Bertz CT molecular complexity index is 534. The zero-order valence-electron chi connectivity index (χ0n) is 9.59. The van der Waals surface area contributed by atoms with Gasteiger partial charge in [0.1, 0.15) is 6.54 Å². The zero-order chi connectivity index (χ0) is 13.4. The predicted octanol–water partition coefficient (Wildman–Crippen LogP) is -0.00522. The molecule has 0 atom stereocenters. The Morgan fingerprint density at radius 1 is 1.28 bits per heavy atom. The number of nitrogens with zero attached hydrogens (tertiary/aromatic N) is 1. The van der Waals surface area contributed by atoms with Gasteiger partial charge in [-0.2, -0.15) is 5.26 Å². The molecule has 0 heterocycles. The first-order chi connectivity index (χ1) is 8.56. The van der Waals surface area contributed by atoms with Crippen LogP contribution in [0.2, 0.25) is 0 Å². The Kier molecular flexibility index (Phi) is 5.30. The summed E-state index contributed by atoms with van der Waals surface area (Å²) in [6.07, 6.45) is -0.00621. The van der Waals surface area contributed by atoms with Crippen LogP contribution in [-0.2, 0) is 14.8 Å². The van der Waals surface area contributed by atoms with Gasteiger partial charge in [-0.3, -0.25) is 4.79 Å². The highest BCUT2D eigenvalue weighted by atomic mass is 32.2. The van der Waals surface area contributed by atoms with Crippen LogP contribution in [0, 0.1) is 11.3 Å². The van der Waals surface area contributed by atoms with Crippen LogP contribution in [0.3, 0.4) is 0 Å². The summed E-state index contributed by atoms with van der Waals surface area (Å²) >= 11 is 0. The van der Waals surface area contributed by atoms with Crippen LogP contribution < -0.4 is 10.0 Å². The van der Waals surface area contributed by atoms with Crippen LogP contribution >= 0.6 is 0 Å². The third-order valence-corrected chi connectivity index (χ3v) is 3.54. The molecule has 1 aromatic carbocycles. The molecule has 0 aliphatic rings. The quantitative estimate of drug-likeness (QED) is 0.708. The van der Waals surface area contributed by atoms with E-state index in [0.29, 0.717) is 0 Å². The summed E-state index contributed by atoms with van der Waals surface area (Å²) in [6.45, 7) is -0.0846. The van der Waals surface area contributed by atoms with Gasteiger partial charge in [-0.25, -0.2) is 13.1 Å². The van der Waals surface area contributed by atoms with Gasteiger partial charge in [0.2, 0.25) is 15.9 Å². The standard InChI is InChI=1S/C11H13N3O3S/c12-7-9-13-11(15)6-8-14-18(16,17)10-4-2-1-3-5-10/h1-5,14H,6,8-9H2,(H,13,15). The van der Waals surface area contributed by atoms with Gasteiger partial charge in [0, 0.05) is 13.0 Å². The molecule has 0 unspecified atom stereocenters. The van der Waals surface area contributed by atoms with Crippen molar-refractivity contribution in [2.75, 3.05) is 13.1 Å². The minimum absolute atomic E-state index is 0.00547. The lowest BCUT2D eigenvalue weighted by atomic mass is 10.4. The van der Waals surface area contributed by atoms with Gasteiger partial charge >= 0.3 is 0 Å². The van der Waals surface area contributed by atoms with Crippen molar-refractivity contribution in [1.82, 2.24) is 10.0 Å². The van der Waals surface area contributed by atoms with Crippen LogP contribution in [0.25, 0.3) is 0 Å². The lowest BCUT2D eigenvalue weighted by Crippen LogP contribution is -2.30. The Hall–Kier alpha value is -1.91. The molecule has 0 spiro atoms. The maximum Gasteiger partial charge on any atom is 0.240 e. The SMILES string of the molecule is N#CCNC(=O)CCNS(=O)(=O)c1ccccc1. The second-order valence-corrected chi connectivity index (χ2v) is 5.16. The van der Waals surface area contributed by atoms with Gasteiger partial charge in [0.25, 0.3) is 0 Å². The summed E-state index contributed by atoms with van der Waals surface area (Å²) in [4.78, 5) is 11.3. The molecule has 6 nitrogen and oxygen atoms in total. The van der Waals surface area contributed by atoms with Crippen LogP contribution in [0.4, 0.5) is 0 Å². The molecule has 0 fully saturated rings. The number of hydrogen-bond donors (Lipinski definition) is 2. The normalized spacial score (nSPS) is 10.6. The number of nitriles is 1. The van der Waals surface area contributed by atoms with E-state index in [0.717, 1.165) is 0 Å². The van der Waals surface area contributed by atoms with Crippen molar-refractivity contribution in [2.45, 2.75) is 11.3 Å². The van der Waals surface area contributed by atoms with Gasteiger partial charge in [-0.05, 0) is 12.1 Å². The minimum atomic E-state index is -3.57. The van der Waals surface area contributed by atoms with Crippen molar-refractivity contribution in [3.63, 3.8) is 0 Å². The molecule has 0 radical (unpaired) electrons. The highest BCUT2D eigenvalue weighted by molar-refractivity contribution is 7.89. The minimum Gasteiger partial charge on any atom is -0.343 e. The molecule has 0 saturated carbocycles. The van der Waals surface area contributed by atoms with Gasteiger partial charge in [-0.1, -0.05) is 18.2 Å². The Labute approximate surface area is 106 Å². The summed E-state index contributed by atoms with van der Waals surface area (Å²) < 4.78 is 25.8. The highest BCUT2D eigenvalue weighted by Gasteiger charge is 2.12. The van der Waals surface area contributed by atoms with Crippen LogP contribution in [-0.4, -0.2) is 27.4 Å². The van der Waals surface area contributed by atoms with E-state index in [9.17, 15) is 13.2 Å². The molecule has 0 aliphatic heterocycles. The maximum absolute atomic E-state index is 11.7. The fourth-order valence-corrected chi connectivity index (χ4v) is 2.26. The van der Waals surface area contributed by atoms with Crippen molar-refractivity contribution in [2.24, 2.45) is 0 Å². The number of rotatable bonds is 6. The molecule has 0 bridgehead atoms. The molecule has 96 valence electrons. The average molecular weight is 267 g/mol. The van der Waals surface area contributed by atoms with Crippen molar-refractivity contribution in [1.29, 1.82) is 5.26 Å². The summed E-state index contributed by atoms with van der Waals surface area (Å²) in [5, 5.41) is 10.6. The summed E-state index contributed by atoms with van der Waals surface area (Å²) in [7, 11) is -3.57. The van der Waals surface area contributed by atoms with Crippen molar-refractivity contribution in [3.8, 4) is 6.07 Å². The first-order valence-corrected chi connectivity index (χ1v) is 6.73. The molecule has 1 aromatic rings. The van der Waals surface area contributed by atoms with Crippen molar-refractivity contribution < 1.29 is 13.2 Å². The number of benzene rings is 1. The van der Waals surface area contributed by atoms with E-state index in [2.05, 4.69) is 10.0 Å². The number of nitrogens with one attached hydrogen (secondary N) is 2. The first kappa shape index (κ1) is 14.2. The topological polar surface area (TPSA) is 99.1 Å². The molecule has 2 N–H and O–H groups in total. The average Bonchev–Trinajstić information content (AvgIpc) is 2.37. The fraction of sp³-hybridized carbons (Fsp3) is 0.273. The molecular formula is C11H13N3O3S. The van der Waals surface area contributed by atoms with Gasteiger partial charge in [0.05, 0.1) is 11.0 Å². The second kappa shape index (κ2) is 6.74. The molecule has 18 heavy (non-hydrogen) atoms. The third-order valence-electron chi connectivity index (χ3n) is 2.06. The zero-order valence-corrected chi connectivity index (χ0v) is 10.4. The third kappa shape index (κ3) is 4.53. The molecule has 0 aromatic heterocycles. The fourth-order valence-electron chi connectivity index (χ4n) is 1.21. The first-order valence-electron chi connectivity index (χ1n) is 5.24. The number of hydrogen-bond acceptors (Lipinski definition) is 4. The predicted molar refractivity (Wildman–Crippen MR) is 64.9 cm³/mol. The molecule has 0 saturated heterocycles. The largest absolute Gasteiger partial charge is 0.343 e. The maximum atomic E-state index is 11.7. The molecule has 1 rings (SSSR count). The highest BCUT2D eigenvalue weighted by Crippen LogP contribution is 2.06. The summed E-state index contributed by atoms with van der Waals surface area (Å²) in [6, 6.07) is 9.66. The van der Waals surface area contributed by atoms with Gasteiger partial charge in [0.15, 0.2) is 0 Å². The molecule has 0 aliphatic carbocycles. The second-order valence-electron chi connectivity index (χ2n) is 3.40. The monoisotopic (exact) mass is 267 g/mol. The van der Waals surface area contributed by atoms with E-state index in [1.54, 1.807) is 24.3 Å². The molecular weight excluding hydrogens is 254 g/mol. The Balaban J connectivity index is 2.45. The number of carbonyl (C=O) groups is 1. The number of sulfonamides is 1. The van der Waals surface area contributed by atoms with Crippen LogP contribution in [0.1, 0.15) is 6.42 Å². The van der Waals surface area contributed by atoms with E-state index in [4.69, 9.17) is 5.26 Å². The van der Waals surface area contributed by atoms with E-state index in [1.165, 1.54) is 12.1 Å². The van der Waals surface area contributed by atoms with Crippen molar-refractivity contribution >= 4 is 15.9 Å². The molecule has 7 heteroatoms. The van der Waals surface area contributed by atoms with Gasteiger partial charge in [-0.15, -0.1) is 0 Å². The van der Waals surface area contributed by atoms with Crippen LogP contribution in [0.5, 0.6) is 0 Å². The Morgan fingerprint density at radius 2 is 1.94 bits per heavy atom. The van der Waals surface area contributed by atoms with Crippen LogP contribution in [0.15, 0.2) is 35.2 Å². The van der Waals surface area contributed by atoms with E-state index in [1.807, 2.05) is 0 Å². The summed E-state index contributed by atoms with van der Waals surface area (Å²) in [5.41, 5.74) is 0. The molecule has 1 amide bonds. The van der Waals surface area contributed by atoms with Crippen molar-refractivity contribution in [3.05, 3.63) is 30.3 Å². The number of carbonyl (C=O) groups excluding carboxylic acids is 1. The lowest BCUT2D eigenvalue weighted by molar-refractivity contribution is -0.120. The van der Waals surface area contributed by atoms with Gasteiger partial charge < -0.3 is 5.32 Å². The van der Waals surface area contributed by atoms with E-state index in [-0.39, 0.29) is 30.3 Å². The van der Waals surface area contributed by atoms with E-state index < -0.39 is 10.0 Å². The van der Waals surface area contributed by atoms with E-state index >= 15 is 0 Å². The smallest absolute Gasteiger partial charge is 0.240 e. The Morgan fingerprint density at radius 3 is 2.56 bits per heavy atom. The lowest BCUT2D eigenvalue weighted by Gasteiger charge is -2.06.